The number of fused-ring (bicyclic) bond motifs is 4. The van der Waals surface area contributed by atoms with Crippen molar-refractivity contribution >= 4 is 44.7 Å². The van der Waals surface area contributed by atoms with Crippen molar-refractivity contribution in [2.75, 3.05) is 0 Å². The van der Waals surface area contributed by atoms with E-state index in [1.165, 1.54) is 11.8 Å². The van der Waals surface area contributed by atoms with E-state index >= 15 is 0 Å². The van der Waals surface area contributed by atoms with Gasteiger partial charge in [-0.15, -0.1) is 0 Å². The Morgan fingerprint density at radius 1 is 0.893 bits per heavy atom. The Labute approximate surface area is 166 Å². The Bertz CT molecular complexity index is 1440. The van der Waals surface area contributed by atoms with Gasteiger partial charge in [0.2, 0.25) is 0 Å². The zero-order valence-electron chi connectivity index (χ0n) is 15.5. The third kappa shape index (κ3) is 2.69. The van der Waals surface area contributed by atoms with E-state index < -0.39 is 0 Å². The molecule has 0 N–H and O–H groups in total. The summed E-state index contributed by atoms with van der Waals surface area (Å²) in [5.41, 5.74) is 5.19. The molecule has 0 atom stereocenters. The molecule has 0 saturated carbocycles. The Morgan fingerprint density at radius 3 is 2.54 bits per heavy atom. The fourth-order valence-electron chi connectivity index (χ4n) is 3.57. The average molecular weight is 383 g/mol. The van der Waals surface area contributed by atoms with Crippen LogP contribution in [0, 0.1) is 13.8 Å². The molecule has 0 bridgehead atoms. The van der Waals surface area contributed by atoms with Gasteiger partial charge in [-0.25, -0.2) is 4.98 Å². The summed E-state index contributed by atoms with van der Waals surface area (Å²) in [7, 11) is 0. The van der Waals surface area contributed by atoms with Crippen LogP contribution in [0.5, 0.6) is 0 Å². The summed E-state index contributed by atoms with van der Waals surface area (Å²) >= 11 is 1.52. The number of benzene rings is 4. The molecule has 0 spiro atoms. The Morgan fingerprint density at radius 2 is 1.68 bits per heavy atom. The van der Waals surface area contributed by atoms with Crippen LogP contribution in [0.2, 0.25) is 0 Å². The second kappa shape index (κ2) is 6.50. The second-order valence-electron chi connectivity index (χ2n) is 6.89. The average Bonchev–Trinajstić information content (AvgIpc) is 2.70. The molecule has 0 amide bonds. The predicted molar refractivity (Wildman–Crippen MR) is 115 cm³/mol. The molecule has 0 fully saturated rings. The van der Waals surface area contributed by atoms with Gasteiger partial charge in [0, 0.05) is 10.3 Å². The molecule has 5 aromatic rings. The van der Waals surface area contributed by atoms with E-state index in [2.05, 4.69) is 13.0 Å². The monoisotopic (exact) mass is 383 g/mol. The molecule has 0 saturated heterocycles. The van der Waals surface area contributed by atoms with E-state index in [9.17, 15) is 4.79 Å². The molecular formula is C24H17NO2S. The first-order valence-corrected chi connectivity index (χ1v) is 9.93. The van der Waals surface area contributed by atoms with Crippen molar-refractivity contribution in [3.63, 3.8) is 0 Å². The Hall–Kier alpha value is -3.11. The van der Waals surface area contributed by atoms with E-state index in [4.69, 9.17) is 9.40 Å². The number of para-hydroxylation sites is 2. The zero-order chi connectivity index (χ0) is 19.3. The highest BCUT2D eigenvalue weighted by atomic mass is 32.2. The van der Waals surface area contributed by atoms with E-state index in [1.54, 1.807) is 6.07 Å². The maximum Gasteiger partial charge on any atom is 0.193 e. The summed E-state index contributed by atoms with van der Waals surface area (Å²) in [6, 6.07) is 21.4. The van der Waals surface area contributed by atoms with Crippen LogP contribution < -0.4 is 5.43 Å². The number of aromatic nitrogens is 1. The van der Waals surface area contributed by atoms with Crippen LogP contribution in [0.15, 0.2) is 85.7 Å². The van der Waals surface area contributed by atoms with Crippen molar-refractivity contribution in [2.45, 2.75) is 23.6 Å². The number of aryl methyl sites for hydroxylation is 2. The van der Waals surface area contributed by atoms with Crippen molar-refractivity contribution in [3.05, 3.63) is 88.1 Å². The molecule has 28 heavy (non-hydrogen) atoms. The largest absolute Gasteiger partial charge is 0.452 e. The van der Waals surface area contributed by atoms with Crippen LogP contribution in [-0.2, 0) is 0 Å². The van der Waals surface area contributed by atoms with Crippen LogP contribution in [0.3, 0.4) is 0 Å². The second-order valence-corrected chi connectivity index (χ2v) is 7.94. The quantitative estimate of drug-likeness (QED) is 0.266. The van der Waals surface area contributed by atoms with E-state index in [0.717, 1.165) is 53.9 Å². The highest BCUT2D eigenvalue weighted by molar-refractivity contribution is 7.99. The summed E-state index contributed by atoms with van der Waals surface area (Å²) in [5, 5.41) is 1.83. The maximum absolute atomic E-state index is 12.9. The molecule has 4 heteroatoms. The van der Waals surface area contributed by atoms with Gasteiger partial charge in [-0.05, 0) is 60.7 Å². The molecule has 0 aliphatic carbocycles. The number of rotatable bonds is 2. The SMILES string of the molecule is Cc1ccccc1Sc1c(C)c2c(ccc3nc4ccccc4oc32)cc1=O. The van der Waals surface area contributed by atoms with Crippen LogP contribution in [-0.4, -0.2) is 4.98 Å². The third-order valence-electron chi connectivity index (χ3n) is 5.02. The van der Waals surface area contributed by atoms with E-state index in [-0.39, 0.29) is 5.43 Å². The first kappa shape index (κ1) is 17.0. The summed E-state index contributed by atoms with van der Waals surface area (Å²) in [6.45, 7) is 4.05. The molecule has 1 aromatic heterocycles. The van der Waals surface area contributed by atoms with E-state index in [0.29, 0.717) is 0 Å². The van der Waals surface area contributed by atoms with Crippen molar-refractivity contribution in [3.8, 4) is 0 Å². The van der Waals surface area contributed by atoms with Gasteiger partial charge < -0.3 is 4.42 Å². The molecule has 0 radical (unpaired) electrons. The standard InChI is InChI=1S/C24H17NO2S/c1-14-7-3-6-10-21(14)28-24-15(2)22-16(13-19(24)26)11-12-18-23(22)27-20-9-5-4-8-17(20)25-18/h3-13H,1-2H3. The van der Waals surface area contributed by atoms with E-state index in [1.807, 2.05) is 61.5 Å². The van der Waals surface area contributed by atoms with Crippen LogP contribution in [0.4, 0.5) is 0 Å². The van der Waals surface area contributed by atoms with Crippen LogP contribution in [0.1, 0.15) is 11.1 Å². The van der Waals surface area contributed by atoms with Crippen molar-refractivity contribution in [1.29, 1.82) is 0 Å². The normalized spacial score (nSPS) is 11.5. The number of hydrogen-bond acceptors (Lipinski definition) is 4. The van der Waals surface area contributed by atoms with Gasteiger partial charge in [0.25, 0.3) is 0 Å². The van der Waals surface area contributed by atoms with Gasteiger partial charge in [0.15, 0.2) is 16.6 Å². The van der Waals surface area contributed by atoms with Gasteiger partial charge >= 0.3 is 0 Å². The zero-order valence-corrected chi connectivity index (χ0v) is 16.3. The molecule has 4 aromatic carbocycles. The first-order valence-electron chi connectivity index (χ1n) is 9.11. The first-order chi connectivity index (χ1) is 13.6. The van der Waals surface area contributed by atoms with Crippen LogP contribution in [0.25, 0.3) is 33.0 Å². The van der Waals surface area contributed by atoms with Crippen molar-refractivity contribution in [2.24, 2.45) is 0 Å². The fourth-order valence-corrected chi connectivity index (χ4v) is 4.58. The third-order valence-corrected chi connectivity index (χ3v) is 6.41. The van der Waals surface area contributed by atoms with Gasteiger partial charge in [0.1, 0.15) is 11.0 Å². The summed E-state index contributed by atoms with van der Waals surface area (Å²) in [5.74, 6) is 0. The van der Waals surface area contributed by atoms with Gasteiger partial charge in [-0.3, -0.25) is 4.79 Å². The lowest BCUT2D eigenvalue weighted by molar-refractivity contribution is 0.660. The summed E-state index contributed by atoms with van der Waals surface area (Å²) in [6.07, 6.45) is 0. The minimum absolute atomic E-state index is 0.0337. The lowest BCUT2D eigenvalue weighted by atomic mass is 10.0. The van der Waals surface area contributed by atoms with Crippen molar-refractivity contribution in [1.82, 2.24) is 4.98 Å². The van der Waals surface area contributed by atoms with Crippen molar-refractivity contribution < 1.29 is 4.42 Å². The maximum atomic E-state index is 12.9. The number of nitrogens with zero attached hydrogens (tertiary/aromatic N) is 1. The lowest BCUT2D eigenvalue weighted by Gasteiger charge is -2.12. The smallest absolute Gasteiger partial charge is 0.193 e. The molecular weight excluding hydrogens is 366 g/mol. The molecule has 0 unspecified atom stereocenters. The topological polar surface area (TPSA) is 43.1 Å². The predicted octanol–water partition coefficient (Wildman–Crippen LogP) is 6.26. The Kier molecular flexibility index (Phi) is 3.95. The summed E-state index contributed by atoms with van der Waals surface area (Å²) in [4.78, 5) is 19.4. The highest BCUT2D eigenvalue weighted by Crippen LogP contribution is 2.36. The van der Waals surface area contributed by atoms with Gasteiger partial charge in [-0.1, -0.05) is 48.2 Å². The molecule has 3 nitrogen and oxygen atoms in total. The molecule has 0 aliphatic heterocycles. The van der Waals surface area contributed by atoms with Gasteiger partial charge in [-0.2, -0.15) is 0 Å². The number of hydrogen-bond donors (Lipinski definition) is 0. The molecule has 136 valence electrons. The van der Waals surface area contributed by atoms with Gasteiger partial charge in [0.05, 0.1) is 4.90 Å². The minimum atomic E-state index is 0.0337. The highest BCUT2D eigenvalue weighted by Gasteiger charge is 2.16. The molecule has 0 aliphatic rings. The van der Waals surface area contributed by atoms with Crippen LogP contribution >= 0.6 is 11.8 Å². The molecule has 5 rings (SSSR count). The molecule has 1 heterocycles. The lowest BCUT2D eigenvalue weighted by Crippen LogP contribution is -2.05. The fraction of sp³-hybridized carbons (Fsp3) is 0.0833. The minimum Gasteiger partial charge on any atom is -0.452 e. The summed E-state index contributed by atoms with van der Waals surface area (Å²) < 4.78 is 6.24. The Balaban J connectivity index is 1.82.